The van der Waals surface area contributed by atoms with Crippen molar-refractivity contribution in [2.24, 2.45) is 0 Å². The number of fused-ring (bicyclic) bond motifs is 2. The Hall–Kier alpha value is -2.82. The summed E-state index contributed by atoms with van der Waals surface area (Å²) in [6.45, 7) is 0. The number of hydrogen-bond donors (Lipinski definition) is 1. The van der Waals surface area contributed by atoms with Crippen molar-refractivity contribution in [3.63, 3.8) is 0 Å². The fourth-order valence-corrected chi connectivity index (χ4v) is 2.87. The van der Waals surface area contributed by atoms with Crippen LogP contribution in [0.2, 0.25) is 5.02 Å². The monoisotopic (exact) mass is 388 g/mol. The molecule has 3 aromatic heterocycles. The molecule has 0 saturated carbocycles. The Morgan fingerprint density at radius 3 is 2.65 bits per heavy atom. The van der Waals surface area contributed by atoms with Crippen LogP contribution in [0.5, 0.6) is 0 Å². The molecule has 6 nitrogen and oxygen atoms in total. The number of benzene rings is 1. The molecule has 1 N–H and O–H groups in total. The van der Waals surface area contributed by atoms with Crippen LogP contribution in [0.1, 0.15) is 17.9 Å². The Balaban J connectivity index is 2.09. The highest BCUT2D eigenvalue weighted by Crippen LogP contribution is 2.39. The molecule has 0 amide bonds. The lowest BCUT2D eigenvalue weighted by molar-refractivity contribution is -0.140. The van der Waals surface area contributed by atoms with Gasteiger partial charge in [-0.1, -0.05) is 11.6 Å². The number of hydrogen-bond acceptors (Lipinski definition) is 4. The van der Waals surface area contributed by atoms with E-state index in [-0.39, 0.29) is 10.6 Å². The number of halogens is 6. The van der Waals surface area contributed by atoms with E-state index < -0.39 is 35.3 Å². The second kappa shape index (κ2) is 5.59. The third-order valence-electron chi connectivity index (χ3n) is 3.66. The van der Waals surface area contributed by atoms with Crippen LogP contribution < -0.4 is 0 Å². The number of aromatic nitrogens is 6. The van der Waals surface area contributed by atoms with Gasteiger partial charge in [0.1, 0.15) is 6.33 Å². The summed E-state index contributed by atoms with van der Waals surface area (Å²) in [5.41, 5.74) is -1.75. The predicted octanol–water partition coefficient (Wildman–Crippen LogP) is 4.28. The lowest BCUT2D eigenvalue weighted by Crippen LogP contribution is -2.12. The fraction of sp³-hybridized carbons (Fsp3) is 0.143. The Labute approximate surface area is 145 Å². The first-order valence-electron chi connectivity index (χ1n) is 6.99. The molecule has 0 saturated heterocycles. The van der Waals surface area contributed by atoms with E-state index in [1.165, 1.54) is 18.3 Å². The van der Waals surface area contributed by atoms with Gasteiger partial charge in [-0.3, -0.25) is 5.10 Å². The van der Waals surface area contributed by atoms with E-state index in [1.54, 1.807) is 0 Å². The van der Waals surface area contributed by atoms with Crippen LogP contribution in [0.3, 0.4) is 0 Å². The molecule has 3 heterocycles. The summed E-state index contributed by atoms with van der Waals surface area (Å²) in [6.07, 6.45) is -5.82. The molecule has 26 heavy (non-hydrogen) atoms. The highest BCUT2D eigenvalue weighted by molar-refractivity contribution is 6.35. The summed E-state index contributed by atoms with van der Waals surface area (Å²) < 4.78 is 66.9. The second-order valence-corrected chi connectivity index (χ2v) is 5.70. The Morgan fingerprint density at radius 2 is 1.96 bits per heavy atom. The molecular weight excluding hydrogens is 383 g/mol. The van der Waals surface area contributed by atoms with Gasteiger partial charge in [-0.05, 0) is 17.7 Å². The zero-order valence-electron chi connectivity index (χ0n) is 12.4. The SMILES string of the molecule is FC(F)c1nc2c(-c3cc(Cl)c4[nH]ncc4c3)c(C(F)(F)F)ncn2n1. The third-order valence-corrected chi connectivity index (χ3v) is 3.96. The van der Waals surface area contributed by atoms with Crippen LogP contribution in [0.4, 0.5) is 22.0 Å². The number of aromatic amines is 1. The third kappa shape index (κ3) is 2.55. The van der Waals surface area contributed by atoms with Crippen LogP contribution in [-0.4, -0.2) is 29.8 Å². The summed E-state index contributed by atoms with van der Waals surface area (Å²) >= 11 is 6.09. The van der Waals surface area contributed by atoms with Gasteiger partial charge in [0.05, 0.1) is 22.3 Å². The van der Waals surface area contributed by atoms with E-state index in [0.29, 0.717) is 17.2 Å². The van der Waals surface area contributed by atoms with Crippen molar-refractivity contribution in [1.29, 1.82) is 0 Å². The van der Waals surface area contributed by atoms with Crippen LogP contribution in [0, 0.1) is 0 Å². The van der Waals surface area contributed by atoms with Gasteiger partial charge in [0.15, 0.2) is 11.3 Å². The van der Waals surface area contributed by atoms with E-state index in [4.69, 9.17) is 11.6 Å². The van der Waals surface area contributed by atoms with Gasteiger partial charge < -0.3 is 0 Å². The smallest absolute Gasteiger partial charge is 0.276 e. The molecule has 4 aromatic rings. The van der Waals surface area contributed by atoms with Gasteiger partial charge in [0.25, 0.3) is 6.43 Å². The minimum Gasteiger partial charge on any atom is -0.276 e. The van der Waals surface area contributed by atoms with Crippen molar-refractivity contribution in [3.8, 4) is 11.1 Å². The summed E-state index contributed by atoms with van der Waals surface area (Å²) in [6, 6.07) is 2.64. The zero-order chi connectivity index (χ0) is 18.6. The topological polar surface area (TPSA) is 71.8 Å². The first kappa shape index (κ1) is 16.6. The highest BCUT2D eigenvalue weighted by atomic mass is 35.5. The molecule has 0 unspecified atom stereocenters. The van der Waals surface area contributed by atoms with Crippen molar-refractivity contribution in [2.75, 3.05) is 0 Å². The molecule has 134 valence electrons. The number of H-pyrrole nitrogens is 1. The standard InChI is InChI=1S/C14H6ClF5N6/c15-7-2-5(1-6-3-22-24-9(6)7)8-10(14(18,19)20)21-4-26-13(8)23-12(25-26)11(16)17/h1-4,11H,(H,22,24). The number of nitrogens with zero attached hydrogens (tertiary/aromatic N) is 5. The highest BCUT2D eigenvalue weighted by Gasteiger charge is 2.38. The summed E-state index contributed by atoms with van der Waals surface area (Å²) in [4.78, 5) is 6.90. The summed E-state index contributed by atoms with van der Waals surface area (Å²) in [7, 11) is 0. The maximum atomic E-state index is 13.5. The molecule has 0 radical (unpaired) electrons. The van der Waals surface area contributed by atoms with Gasteiger partial charge in [0.2, 0.25) is 5.82 Å². The van der Waals surface area contributed by atoms with Crippen LogP contribution >= 0.6 is 11.6 Å². The van der Waals surface area contributed by atoms with Crippen LogP contribution in [-0.2, 0) is 6.18 Å². The van der Waals surface area contributed by atoms with E-state index in [0.717, 1.165) is 4.52 Å². The van der Waals surface area contributed by atoms with Gasteiger partial charge in [-0.15, -0.1) is 5.10 Å². The lowest BCUT2D eigenvalue weighted by atomic mass is 10.0. The maximum absolute atomic E-state index is 13.5. The quantitative estimate of drug-likeness (QED) is 0.520. The van der Waals surface area contributed by atoms with Gasteiger partial charge in [-0.25, -0.2) is 23.3 Å². The van der Waals surface area contributed by atoms with Gasteiger partial charge in [-0.2, -0.15) is 18.3 Å². The molecular formula is C14H6ClF5N6. The normalized spacial score (nSPS) is 12.6. The lowest BCUT2D eigenvalue weighted by Gasteiger charge is -2.13. The van der Waals surface area contributed by atoms with E-state index in [1.807, 2.05) is 0 Å². The zero-order valence-corrected chi connectivity index (χ0v) is 13.1. The number of alkyl halides is 5. The van der Waals surface area contributed by atoms with Crippen molar-refractivity contribution >= 4 is 28.2 Å². The average molecular weight is 389 g/mol. The molecule has 0 fully saturated rings. The molecule has 4 rings (SSSR count). The Bertz CT molecular complexity index is 1130. The van der Waals surface area contributed by atoms with Crippen LogP contribution in [0.15, 0.2) is 24.7 Å². The maximum Gasteiger partial charge on any atom is 0.434 e. The molecule has 0 aliphatic rings. The number of rotatable bonds is 2. The molecule has 0 spiro atoms. The van der Waals surface area contributed by atoms with Gasteiger partial charge >= 0.3 is 6.18 Å². The predicted molar refractivity (Wildman–Crippen MR) is 80.8 cm³/mol. The van der Waals surface area contributed by atoms with Crippen LogP contribution in [0.25, 0.3) is 27.7 Å². The second-order valence-electron chi connectivity index (χ2n) is 5.30. The number of nitrogens with one attached hydrogen (secondary N) is 1. The summed E-state index contributed by atoms with van der Waals surface area (Å²) in [5.74, 6) is -0.900. The van der Waals surface area contributed by atoms with Crippen molar-refractivity contribution < 1.29 is 22.0 Å². The fourth-order valence-electron chi connectivity index (χ4n) is 2.61. The first-order chi connectivity index (χ1) is 12.3. The Morgan fingerprint density at radius 1 is 1.19 bits per heavy atom. The molecule has 0 bridgehead atoms. The molecule has 0 atom stereocenters. The van der Waals surface area contributed by atoms with E-state index in [9.17, 15) is 22.0 Å². The van der Waals surface area contributed by atoms with E-state index in [2.05, 4.69) is 25.3 Å². The molecule has 0 aliphatic carbocycles. The van der Waals surface area contributed by atoms with E-state index >= 15 is 0 Å². The molecule has 0 aliphatic heterocycles. The Kier molecular flexibility index (Phi) is 3.58. The minimum atomic E-state index is -4.84. The minimum absolute atomic E-state index is 0.00235. The molecule has 1 aromatic carbocycles. The summed E-state index contributed by atoms with van der Waals surface area (Å²) in [5, 5.41) is 10.4. The van der Waals surface area contributed by atoms with Crippen molar-refractivity contribution in [2.45, 2.75) is 12.6 Å². The molecule has 12 heteroatoms. The van der Waals surface area contributed by atoms with Crippen molar-refractivity contribution in [1.82, 2.24) is 29.8 Å². The average Bonchev–Trinajstić information content (AvgIpc) is 3.19. The van der Waals surface area contributed by atoms with Gasteiger partial charge in [0, 0.05) is 5.39 Å². The largest absolute Gasteiger partial charge is 0.434 e. The van der Waals surface area contributed by atoms with Crippen molar-refractivity contribution in [3.05, 3.63) is 41.2 Å². The first-order valence-corrected chi connectivity index (χ1v) is 7.37.